The standard InChI is InChI=1S/C15H17N3O2S/c1-15(2,3)13(20)17-11-6-4-5-10(9-11)12(19)18-14-16-7-8-21-14/h4-9H,1-3H3,(H,17,20)(H,16,18,19). The fourth-order valence-electron chi connectivity index (χ4n) is 1.51. The van der Waals surface area contributed by atoms with E-state index in [9.17, 15) is 9.59 Å². The van der Waals surface area contributed by atoms with E-state index in [4.69, 9.17) is 0 Å². The van der Waals surface area contributed by atoms with E-state index in [1.807, 2.05) is 20.8 Å². The lowest BCUT2D eigenvalue weighted by atomic mass is 9.95. The minimum absolute atomic E-state index is 0.0972. The first-order valence-electron chi connectivity index (χ1n) is 6.48. The first-order chi connectivity index (χ1) is 9.86. The lowest BCUT2D eigenvalue weighted by molar-refractivity contribution is -0.123. The number of carbonyl (C=O) groups excluding carboxylic acids is 2. The Labute approximate surface area is 127 Å². The van der Waals surface area contributed by atoms with Gasteiger partial charge in [-0.25, -0.2) is 4.98 Å². The second kappa shape index (κ2) is 6.05. The van der Waals surface area contributed by atoms with E-state index < -0.39 is 5.41 Å². The smallest absolute Gasteiger partial charge is 0.257 e. The Morgan fingerprint density at radius 1 is 1.19 bits per heavy atom. The van der Waals surface area contributed by atoms with Gasteiger partial charge in [0, 0.05) is 28.2 Å². The van der Waals surface area contributed by atoms with Crippen molar-refractivity contribution in [2.45, 2.75) is 20.8 Å². The van der Waals surface area contributed by atoms with E-state index in [1.54, 1.807) is 35.8 Å². The van der Waals surface area contributed by atoms with Crippen molar-refractivity contribution < 1.29 is 9.59 Å². The van der Waals surface area contributed by atoms with E-state index in [2.05, 4.69) is 15.6 Å². The number of nitrogens with one attached hydrogen (secondary N) is 2. The molecule has 0 spiro atoms. The van der Waals surface area contributed by atoms with Crippen molar-refractivity contribution in [3.8, 4) is 0 Å². The monoisotopic (exact) mass is 303 g/mol. The number of hydrogen-bond donors (Lipinski definition) is 2. The fraction of sp³-hybridized carbons (Fsp3) is 0.267. The van der Waals surface area contributed by atoms with Gasteiger partial charge in [0.25, 0.3) is 5.91 Å². The van der Waals surface area contributed by atoms with Gasteiger partial charge in [-0.1, -0.05) is 26.8 Å². The van der Waals surface area contributed by atoms with Gasteiger partial charge < -0.3 is 5.32 Å². The predicted molar refractivity (Wildman–Crippen MR) is 84.6 cm³/mol. The molecule has 0 fully saturated rings. The Morgan fingerprint density at radius 3 is 2.57 bits per heavy atom. The summed E-state index contributed by atoms with van der Waals surface area (Å²) >= 11 is 1.35. The van der Waals surface area contributed by atoms with Gasteiger partial charge in [0.05, 0.1) is 0 Å². The molecule has 0 saturated carbocycles. The normalized spacial score (nSPS) is 11.0. The molecule has 0 bridgehead atoms. The molecule has 0 aliphatic carbocycles. The van der Waals surface area contributed by atoms with Crippen LogP contribution in [-0.2, 0) is 4.79 Å². The lowest BCUT2D eigenvalue weighted by Crippen LogP contribution is -2.27. The summed E-state index contributed by atoms with van der Waals surface area (Å²) in [5, 5.41) is 7.84. The van der Waals surface area contributed by atoms with E-state index >= 15 is 0 Å². The fourth-order valence-corrected chi connectivity index (χ4v) is 2.04. The minimum Gasteiger partial charge on any atom is -0.326 e. The zero-order valence-corrected chi connectivity index (χ0v) is 13.0. The Hall–Kier alpha value is -2.21. The van der Waals surface area contributed by atoms with Crippen LogP contribution < -0.4 is 10.6 Å². The van der Waals surface area contributed by atoms with Crippen molar-refractivity contribution >= 4 is 34.0 Å². The van der Waals surface area contributed by atoms with E-state index in [-0.39, 0.29) is 11.8 Å². The summed E-state index contributed by atoms with van der Waals surface area (Å²) in [6.45, 7) is 5.50. The van der Waals surface area contributed by atoms with Gasteiger partial charge in [0.2, 0.25) is 5.91 Å². The third-order valence-corrected chi connectivity index (χ3v) is 3.41. The predicted octanol–water partition coefficient (Wildman–Crippen LogP) is 3.38. The third kappa shape index (κ3) is 4.13. The molecule has 5 nitrogen and oxygen atoms in total. The molecule has 1 aromatic carbocycles. The highest BCUT2D eigenvalue weighted by molar-refractivity contribution is 7.13. The summed E-state index contributed by atoms with van der Waals surface area (Å²) in [6.07, 6.45) is 1.63. The minimum atomic E-state index is -0.487. The van der Waals surface area contributed by atoms with Gasteiger partial charge >= 0.3 is 0 Å². The molecule has 0 unspecified atom stereocenters. The zero-order valence-electron chi connectivity index (χ0n) is 12.1. The van der Waals surface area contributed by atoms with Crippen LogP contribution in [0, 0.1) is 5.41 Å². The van der Waals surface area contributed by atoms with Crippen LogP contribution in [0.4, 0.5) is 10.8 Å². The van der Waals surface area contributed by atoms with Crippen LogP contribution in [0.2, 0.25) is 0 Å². The van der Waals surface area contributed by atoms with Crippen molar-refractivity contribution in [1.29, 1.82) is 0 Å². The van der Waals surface area contributed by atoms with Crippen molar-refractivity contribution in [2.75, 3.05) is 10.6 Å². The van der Waals surface area contributed by atoms with Crippen LogP contribution in [0.5, 0.6) is 0 Å². The Morgan fingerprint density at radius 2 is 1.95 bits per heavy atom. The molecule has 1 heterocycles. The second-order valence-corrected chi connectivity index (χ2v) is 6.47. The van der Waals surface area contributed by atoms with Crippen LogP contribution in [-0.4, -0.2) is 16.8 Å². The molecule has 110 valence electrons. The first kappa shape index (κ1) is 15.2. The highest BCUT2D eigenvalue weighted by Crippen LogP contribution is 2.19. The van der Waals surface area contributed by atoms with Gasteiger partial charge in [-0.05, 0) is 18.2 Å². The molecule has 0 radical (unpaired) electrons. The molecule has 0 saturated heterocycles. The molecule has 0 aliphatic rings. The van der Waals surface area contributed by atoms with Gasteiger partial charge in [0.1, 0.15) is 0 Å². The van der Waals surface area contributed by atoms with Crippen LogP contribution in [0.25, 0.3) is 0 Å². The maximum atomic E-state index is 12.1. The highest BCUT2D eigenvalue weighted by atomic mass is 32.1. The van der Waals surface area contributed by atoms with Crippen LogP contribution in [0.3, 0.4) is 0 Å². The number of rotatable bonds is 3. The maximum absolute atomic E-state index is 12.1. The molecule has 1 aromatic heterocycles. The molecule has 0 atom stereocenters. The molecule has 2 aromatic rings. The summed E-state index contributed by atoms with van der Waals surface area (Å²) in [7, 11) is 0. The Balaban J connectivity index is 2.10. The van der Waals surface area contributed by atoms with Gasteiger partial charge in [-0.15, -0.1) is 11.3 Å². The summed E-state index contributed by atoms with van der Waals surface area (Å²) in [5.41, 5.74) is 0.581. The van der Waals surface area contributed by atoms with Crippen molar-refractivity contribution in [2.24, 2.45) is 5.41 Å². The van der Waals surface area contributed by atoms with Gasteiger partial charge in [-0.2, -0.15) is 0 Å². The van der Waals surface area contributed by atoms with Crippen molar-refractivity contribution in [3.05, 3.63) is 41.4 Å². The van der Waals surface area contributed by atoms with Crippen LogP contribution in [0.1, 0.15) is 31.1 Å². The molecule has 6 heteroatoms. The number of carbonyl (C=O) groups is 2. The molecule has 2 rings (SSSR count). The van der Waals surface area contributed by atoms with E-state index in [0.29, 0.717) is 16.4 Å². The second-order valence-electron chi connectivity index (χ2n) is 5.58. The van der Waals surface area contributed by atoms with Crippen LogP contribution in [0.15, 0.2) is 35.8 Å². The van der Waals surface area contributed by atoms with E-state index in [1.165, 1.54) is 11.3 Å². The van der Waals surface area contributed by atoms with Gasteiger partial charge in [0.15, 0.2) is 5.13 Å². The van der Waals surface area contributed by atoms with Crippen LogP contribution >= 0.6 is 11.3 Å². The first-order valence-corrected chi connectivity index (χ1v) is 7.36. The average molecular weight is 303 g/mol. The third-order valence-electron chi connectivity index (χ3n) is 2.72. The number of nitrogens with zero attached hydrogens (tertiary/aromatic N) is 1. The molecular weight excluding hydrogens is 286 g/mol. The molecule has 2 N–H and O–H groups in total. The number of aromatic nitrogens is 1. The number of amides is 2. The topological polar surface area (TPSA) is 71.1 Å². The molecule has 21 heavy (non-hydrogen) atoms. The molecule has 2 amide bonds. The number of thiazole rings is 1. The van der Waals surface area contributed by atoms with Crippen molar-refractivity contribution in [1.82, 2.24) is 4.98 Å². The van der Waals surface area contributed by atoms with Gasteiger partial charge in [-0.3, -0.25) is 14.9 Å². The Bertz CT molecular complexity index is 645. The maximum Gasteiger partial charge on any atom is 0.257 e. The summed E-state index contributed by atoms with van der Waals surface area (Å²) in [5.74, 6) is -0.350. The highest BCUT2D eigenvalue weighted by Gasteiger charge is 2.21. The molecular formula is C15H17N3O2S. The summed E-state index contributed by atoms with van der Waals surface area (Å²) in [6, 6.07) is 6.82. The summed E-state index contributed by atoms with van der Waals surface area (Å²) in [4.78, 5) is 28.0. The number of hydrogen-bond acceptors (Lipinski definition) is 4. The lowest BCUT2D eigenvalue weighted by Gasteiger charge is -2.17. The number of benzene rings is 1. The quantitative estimate of drug-likeness (QED) is 0.913. The Kier molecular flexibility index (Phi) is 4.37. The van der Waals surface area contributed by atoms with Crippen molar-refractivity contribution in [3.63, 3.8) is 0 Å². The zero-order chi connectivity index (χ0) is 15.5. The van der Waals surface area contributed by atoms with E-state index in [0.717, 1.165) is 0 Å². The number of anilines is 2. The summed E-state index contributed by atoms with van der Waals surface area (Å²) < 4.78 is 0. The largest absolute Gasteiger partial charge is 0.326 e. The SMILES string of the molecule is CC(C)(C)C(=O)Nc1cccc(C(=O)Nc2nccs2)c1. The molecule has 0 aliphatic heterocycles. The average Bonchev–Trinajstić information content (AvgIpc) is 2.90.